The maximum atomic E-state index is 13.5. The van der Waals surface area contributed by atoms with Gasteiger partial charge in [-0.05, 0) is 50.9 Å². The van der Waals surface area contributed by atoms with E-state index in [4.69, 9.17) is 0 Å². The average molecular weight is 279 g/mol. The van der Waals surface area contributed by atoms with Gasteiger partial charge in [-0.2, -0.15) is 0 Å². The number of halogens is 1. The van der Waals surface area contributed by atoms with Crippen molar-refractivity contribution in [2.75, 3.05) is 31.5 Å². The summed E-state index contributed by atoms with van der Waals surface area (Å²) in [7, 11) is 0. The van der Waals surface area contributed by atoms with Crippen LogP contribution in [0.4, 0.5) is 14.9 Å². The molecule has 0 bridgehead atoms. The van der Waals surface area contributed by atoms with E-state index in [1.807, 2.05) is 0 Å². The molecule has 1 fully saturated rings. The quantitative estimate of drug-likeness (QED) is 0.830. The lowest BCUT2D eigenvalue weighted by Crippen LogP contribution is -2.37. The number of carbonyl (C=O) groups is 1. The number of urea groups is 1. The molecule has 1 saturated heterocycles. The Hall–Kier alpha value is -1.62. The Morgan fingerprint density at radius 2 is 1.75 bits per heavy atom. The lowest BCUT2D eigenvalue weighted by molar-refractivity contribution is 0.208. The molecule has 0 atom stereocenters. The number of hydrogen-bond donors (Lipinski definition) is 2. The molecule has 1 aliphatic heterocycles. The third-order valence-corrected chi connectivity index (χ3v) is 3.47. The number of rotatable bonds is 1. The van der Waals surface area contributed by atoms with Gasteiger partial charge in [0, 0.05) is 13.1 Å². The molecule has 0 aliphatic carbocycles. The van der Waals surface area contributed by atoms with Gasteiger partial charge in [0.1, 0.15) is 5.82 Å². The summed E-state index contributed by atoms with van der Waals surface area (Å²) in [5.74, 6) is -0.397. The second-order valence-electron chi connectivity index (χ2n) is 5.06. The van der Waals surface area contributed by atoms with E-state index in [1.54, 1.807) is 23.1 Å². The Labute approximate surface area is 119 Å². The van der Waals surface area contributed by atoms with Crippen LogP contribution in [0.3, 0.4) is 0 Å². The van der Waals surface area contributed by atoms with Crippen LogP contribution >= 0.6 is 0 Å². The van der Waals surface area contributed by atoms with Crippen LogP contribution in [0.1, 0.15) is 25.7 Å². The lowest BCUT2D eigenvalue weighted by atomic mass is 10.2. The second kappa shape index (κ2) is 7.85. The third kappa shape index (κ3) is 4.49. The van der Waals surface area contributed by atoms with E-state index in [9.17, 15) is 9.18 Å². The van der Waals surface area contributed by atoms with Gasteiger partial charge in [0.15, 0.2) is 0 Å². The molecule has 1 heterocycles. The lowest BCUT2D eigenvalue weighted by Gasteiger charge is -2.24. The molecular formula is C15H22FN3O. The summed E-state index contributed by atoms with van der Waals surface area (Å²) in [4.78, 5) is 14.0. The van der Waals surface area contributed by atoms with Crippen LogP contribution in [0.2, 0.25) is 0 Å². The van der Waals surface area contributed by atoms with E-state index >= 15 is 0 Å². The van der Waals surface area contributed by atoms with Crippen molar-refractivity contribution in [1.29, 1.82) is 0 Å². The fraction of sp³-hybridized carbons (Fsp3) is 0.533. The first-order valence-electron chi connectivity index (χ1n) is 7.28. The molecule has 0 unspecified atom stereocenters. The molecule has 4 nitrogen and oxygen atoms in total. The number of hydrogen-bond acceptors (Lipinski definition) is 2. The highest BCUT2D eigenvalue weighted by Crippen LogP contribution is 2.13. The van der Waals surface area contributed by atoms with Crippen LogP contribution < -0.4 is 10.6 Å². The Morgan fingerprint density at radius 1 is 1.10 bits per heavy atom. The summed E-state index contributed by atoms with van der Waals surface area (Å²) in [5.41, 5.74) is 0.247. The highest BCUT2D eigenvalue weighted by atomic mass is 19.1. The van der Waals surface area contributed by atoms with Crippen molar-refractivity contribution >= 4 is 11.7 Å². The molecule has 2 N–H and O–H groups in total. The largest absolute Gasteiger partial charge is 0.325 e. The van der Waals surface area contributed by atoms with E-state index in [-0.39, 0.29) is 11.7 Å². The van der Waals surface area contributed by atoms with E-state index in [0.29, 0.717) is 0 Å². The maximum Gasteiger partial charge on any atom is 0.321 e. The summed E-state index contributed by atoms with van der Waals surface area (Å²) in [6, 6.07) is 6.06. The smallest absolute Gasteiger partial charge is 0.321 e. The van der Waals surface area contributed by atoms with Crippen molar-refractivity contribution in [2.45, 2.75) is 25.7 Å². The first kappa shape index (κ1) is 14.8. The van der Waals surface area contributed by atoms with Crippen LogP contribution in [-0.4, -0.2) is 37.1 Å². The zero-order valence-corrected chi connectivity index (χ0v) is 11.7. The Balaban J connectivity index is 1.93. The van der Waals surface area contributed by atoms with Gasteiger partial charge in [0.05, 0.1) is 5.69 Å². The number of carbonyl (C=O) groups excluding carboxylic acids is 1. The molecular weight excluding hydrogens is 257 g/mol. The number of nitrogens with zero attached hydrogens (tertiary/aromatic N) is 1. The first-order valence-corrected chi connectivity index (χ1v) is 7.28. The van der Waals surface area contributed by atoms with E-state index in [0.717, 1.165) is 51.9 Å². The molecule has 1 aliphatic rings. The van der Waals surface area contributed by atoms with E-state index in [2.05, 4.69) is 10.6 Å². The van der Waals surface area contributed by atoms with Crippen LogP contribution in [0.25, 0.3) is 0 Å². The molecule has 2 rings (SSSR count). The molecule has 2 amide bonds. The number of benzene rings is 1. The van der Waals surface area contributed by atoms with Gasteiger partial charge in [0.25, 0.3) is 0 Å². The Kier molecular flexibility index (Phi) is 5.80. The number of anilines is 1. The van der Waals surface area contributed by atoms with Gasteiger partial charge in [-0.25, -0.2) is 9.18 Å². The van der Waals surface area contributed by atoms with Crippen molar-refractivity contribution in [1.82, 2.24) is 10.2 Å². The molecule has 0 aromatic heterocycles. The van der Waals surface area contributed by atoms with Crippen molar-refractivity contribution < 1.29 is 9.18 Å². The summed E-state index contributed by atoms with van der Waals surface area (Å²) < 4.78 is 13.5. The molecule has 1 aromatic rings. The maximum absolute atomic E-state index is 13.5. The summed E-state index contributed by atoms with van der Waals surface area (Å²) >= 11 is 0. The number of para-hydroxylation sites is 1. The monoisotopic (exact) mass is 279 g/mol. The van der Waals surface area contributed by atoms with Crippen LogP contribution in [0.15, 0.2) is 24.3 Å². The summed E-state index contributed by atoms with van der Waals surface area (Å²) in [5, 5.41) is 6.04. The molecule has 110 valence electrons. The van der Waals surface area contributed by atoms with Crippen LogP contribution in [0.5, 0.6) is 0 Å². The molecule has 5 heteroatoms. The first-order chi connectivity index (χ1) is 9.77. The van der Waals surface area contributed by atoms with Crippen molar-refractivity contribution in [3.05, 3.63) is 30.1 Å². The highest BCUT2D eigenvalue weighted by molar-refractivity contribution is 5.89. The Morgan fingerprint density at radius 3 is 2.40 bits per heavy atom. The van der Waals surface area contributed by atoms with Gasteiger partial charge in [-0.15, -0.1) is 0 Å². The van der Waals surface area contributed by atoms with Crippen molar-refractivity contribution in [3.63, 3.8) is 0 Å². The third-order valence-electron chi connectivity index (χ3n) is 3.47. The van der Waals surface area contributed by atoms with Crippen molar-refractivity contribution in [3.8, 4) is 0 Å². The zero-order valence-electron chi connectivity index (χ0n) is 11.7. The number of nitrogens with one attached hydrogen (secondary N) is 2. The predicted octanol–water partition coefficient (Wildman–Crippen LogP) is 2.82. The van der Waals surface area contributed by atoms with Crippen LogP contribution in [-0.2, 0) is 0 Å². The normalized spacial score (nSPS) is 17.6. The molecule has 1 aromatic carbocycles. The topological polar surface area (TPSA) is 44.4 Å². The summed E-state index contributed by atoms with van der Waals surface area (Å²) in [6.07, 6.45) is 4.06. The average Bonchev–Trinajstić information content (AvgIpc) is 2.47. The SMILES string of the molecule is O=C(Nc1ccccc1F)N1CCCCNCCCC1. The minimum Gasteiger partial charge on any atom is -0.325 e. The predicted molar refractivity (Wildman–Crippen MR) is 78.3 cm³/mol. The van der Waals surface area contributed by atoms with Gasteiger partial charge in [-0.3, -0.25) is 0 Å². The number of amides is 2. The van der Waals surface area contributed by atoms with Gasteiger partial charge in [-0.1, -0.05) is 12.1 Å². The molecule has 0 saturated carbocycles. The summed E-state index contributed by atoms with van der Waals surface area (Å²) in [6.45, 7) is 3.45. The van der Waals surface area contributed by atoms with Crippen LogP contribution in [0, 0.1) is 5.82 Å². The molecule has 0 radical (unpaired) electrons. The molecule has 0 spiro atoms. The standard InChI is InChI=1S/C15H22FN3O/c16-13-7-1-2-8-14(13)18-15(20)19-11-5-3-9-17-10-4-6-12-19/h1-2,7-8,17H,3-6,9-12H2,(H,18,20). The van der Waals surface area contributed by atoms with Crippen molar-refractivity contribution in [2.24, 2.45) is 0 Å². The van der Waals surface area contributed by atoms with E-state index < -0.39 is 5.82 Å². The van der Waals surface area contributed by atoms with E-state index in [1.165, 1.54) is 6.07 Å². The Bertz CT molecular complexity index is 429. The molecule has 20 heavy (non-hydrogen) atoms. The minimum absolute atomic E-state index is 0.205. The highest BCUT2D eigenvalue weighted by Gasteiger charge is 2.15. The zero-order chi connectivity index (χ0) is 14.2. The van der Waals surface area contributed by atoms with Gasteiger partial charge in [0.2, 0.25) is 0 Å². The second-order valence-corrected chi connectivity index (χ2v) is 5.06. The fourth-order valence-electron chi connectivity index (χ4n) is 2.30. The minimum atomic E-state index is -0.397. The fourth-order valence-corrected chi connectivity index (χ4v) is 2.30. The van der Waals surface area contributed by atoms with Gasteiger partial charge < -0.3 is 15.5 Å². The van der Waals surface area contributed by atoms with Gasteiger partial charge >= 0.3 is 6.03 Å².